The Kier molecular flexibility index (Phi) is 4.32. The van der Waals surface area contributed by atoms with Crippen molar-refractivity contribution in [1.29, 1.82) is 0 Å². The van der Waals surface area contributed by atoms with Gasteiger partial charge in [0.15, 0.2) is 0 Å². The second kappa shape index (κ2) is 5.83. The molecule has 1 aromatic rings. The zero-order valence-electron chi connectivity index (χ0n) is 11.6. The lowest BCUT2D eigenvalue weighted by atomic mass is 10.1. The maximum Gasteiger partial charge on any atom is 0.314 e. The number of rotatable bonds is 2. The van der Waals surface area contributed by atoms with E-state index < -0.39 is 6.03 Å². The second-order valence-electron chi connectivity index (χ2n) is 5.19. The molecule has 5 nitrogen and oxygen atoms in total. The molecule has 1 heterocycles. The maximum atomic E-state index is 12.3. The van der Waals surface area contributed by atoms with Gasteiger partial charge in [-0.15, -0.1) is 0 Å². The van der Waals surface area contributed by atoms with E-state index in [9.17, 15) is 9.59 Å². The molecule has 0 bridgehead atoms. The maximum absolute atomic E-state index is 12.3. The Balaban J connectivity index is 2.08. The van der Waals surface area contributed by atoms with Crippen molar-refractivity contribution in [3.8, 4) is 0 Å². The average molecular weight is 340 g/mol. The number of benzene rings is 1. The fraction of sp³-hybridized carbons (Fsp3) is 0.429. The van der Waals surface area contributed by atoms with Crippen molar-refractivity contribution in [1.82, 2.24) is 10.2 Å². The summed E-state index contributed by atoms with van der Waals surface area (Å²) in [6.45, 7) is 4.98. The number of nitrogens with one attached hydrogen (secondary N) is 1. The number of aryl methyl sites for hydroxylation is 2. The number of nitrogens with two attached hydrogens (primary N) is 1. The molecule has 0 saturated carbocycles. The molecule has 1 atom stereocenters. The van der Waals surface area contributed by atoms with Crippen LogP contribution in [-0.2, 0) is 0 Å². The number of hydrogen-bond acceptors (Lipinski definition) is 2. The van der Waals surface area contributed by atoms with Crippen LogP contribution in [0.15, 0.2) is 16.6 Å². The van der Waals surface area contributed by atoms with Crippen LogP contribution in [0, 0.1) is 13.8 Å². The molecule has 1 aliphatic rings. The van der Waals surface area contributed by atoms with Crippen LogP contribution < -0.4 is 11.1 Å². The Morgan fingerprint density at radius 3 is 2.70 bits per heavy atom. The first-order valence-electron chi connectivity index (χ1n) is 6.50. The minimum atomic E-state index is -0.436. The highest BCUT2D eigenvalue weighted by atomic mass is 79.9. The number of halogens is 1. The second-order valence-corrected chi connectivity index (χ2v) is 5.98. The third-order valence-electron chi connectivity index (χ3n) is 3.48. The Labute approximate surface area is 126 Å². The summed E-state index contributed by atoms with van der Waals surface area (Å²) in [6.07, 6.45) is 0.733. The first-order valence-corrected chi connectivity index (χ1v) is 7.29. The lowest BCUT2D eigenvalue weighted by molar-refractivity contribution is 0.0937. The predicted octanol–water partition coefficient (Wildman–Crippen LogP) is 1.95. The number of nitrogens with zero attached hydrogens (tertiary/aromatic N) is 1. The van der Waals surface area contributed by atoms with Crippen LogP contribution in [-0.4, -0.2) is 36.0 Å². The van der Waals surface area contributed by atoms with Crippen molar-refractivity contribution in [3.63, 3.8) is 0 Å². The summed E-state index contributed by atoms with van der Waals surface area (Å²) in [7, 11) is 0. The molecule has 20 heavy (non-hydrogen) atoms. The molecule has 3 N–H and O–H groups in total. The Bertz CT molecular complexity index is 560. The summed E-state index contributed by atoms with van der Waals surface area (Å²) < 4.78 is 0.811. The summed E-state index contributed by atoms with van der Waals surface area (Å²) in [5, 5.41) is 2.96. The molecule has 1 saturated heterocycles. The predicted molar refractivity (Wildman–Crippen MR) is 80.6 cm³/mol. The van der Waals surface area contributed by atoms with Gasteiger partial charge in [0.25, 0.3) is 5.91 Å². The quantitative estimate of drug-likeness (QED) is 0.863. The standard InChI is InChI=1S/C14H18BrN3O2/c1-8-5-9(2)12(15)11(6-8)13(19)17-10-3-4-18(7-10)14(16)20/h5-6,10H,3-4,7H2,1-2H3,(H2,16,20)(H,17,19)/t10-/m1/s1. The third kappa shape index (κ3) is 3.12. The van der Waals surface area contributed by atoms with E-state index in [4.69, 9.17) is 5.73 Å². The van der Waals surface area contributed by atoms with Gasteiger partial charge in [0, 0.05) is 23.6 Å². The zero-order chi connectivity index (χ0) is 14.9. The number of urea groups is 1. The Morgan fingerprint density at radius 1 is 1.40 bits per heavy atom. The van der Waals surface area contributed by atoms with Gasteiger partial charge in [-0.25, -0.2) is 4.79 Å². The van der Waals surface area contributed by atoms with Gasteiger partial charge in [-0.05, 0) is 53.4 Å². The van der Waals surface area contributed by atoms with E-state index in [0.29, 0.717) is 18.7 Å². The van der Waals surface area contributed by atoms with Gasteiger partial charge < -0.3 is 16.0 Å². The van der Waals surface area contributed by atoms with E-state index in [1.165, 1.54) is 0 Å². The van der Waals surface area contributed by atoms with Crippen LogP contribution in [0.1, 0.15) is 27.9 Å². The number of carbonyl (C=O) groups excluding carboxylic acids is 2. The van der Waals surface area contributed by atoms with Crippen molar-refractivity contribution in [3.05, 3.63) is 33.3 Å². The summed E-state index contributed by atoms with van der Waals surface area (Å²) in [6, 6.07) is 3.40. The van der Waals surface area contributed by atoms with Crippen molar-refractivity contribution in [2.45, 2.75) is 26.3 Å². The van der Waals surface area contributed by atoms with E-state index in [1.807, 2.05) is 26.0 Å². The van der Waals surface area contributed by atoms with E-state index >= 15 is 0 Å². The molecule has 0 spiro atoms. The molecule has 2 rings (SSSR count). The third-order valence-corrected chi connectivity index (χ3v) is 4.53. The fourth-order valence-electron chi connectivity index (χ4n) is 2.46. The van der Waals surface area contributed by atoms with Gasteiger partial charge in [0.05, 0.1) is 5.56 Å². The molecule has 1 aliphatic heterocycles. The van der Waals surface area contributed by atoms with Crippen molar-refractivity contribution in [2.75, 3.05) is 13.1 Å². The summed E-state index contributed by atoms with van der Waals surface area (Å²) in [5.74, 6) is -0.125. The fourth-order valence-corrected chi connectivity index (χ4v) is 2.87. The first kappa shape index (κ1) is 14.8. The van der Waals surface area contributed by atoms with Crippen molar-refractivity contribution in [2.24, 2.45) is 5.73 Å². The number of hydrogen-bond donors (Lipinski definition) is 2. The normalized spacial score (nSPS) is 18.1. The number of likely N-dealkylation sites (tertiary alicyclic amines) is 1. The van der Waals surface area contributed by atoms with Crippen LogP contribution in [0.4, 0.5) is 4.79 Å². The molecule has 0 radical (unpaired) electrons. The van der Waals surface area contributed by atoms with Crippen LogP contribution in [0.5, 0.6) is 0 Å². The van der Waals surface area contributed by atoms with Gasteiger partial charge in [0.1, 0.15) is 0 Å². The average Bonchev–Trinajstić information content (AvgIpc) is 2.82. The molecule has 6 heteroatoms. The molecule has 108 valence electrons. The number of primary amides is 1. The lowest BCUT2D eigenvalue weighted by Gasteiger charge is -2.16. The van der Waals surface area contributed by atoms with Gasteiger partial charge in [-0.1, -0.05) is 6.07 Å². The van der Waals surface area contributed by atoms with E-state index in [-0.39, 0.29) is 11.9 Å². The van der Waals surface area contributed by atoms with E-state index in [1.54, 1.807) is 4.90 Å². The largest absolute Gasteiger partial charge is 0.351 e. The van der Waals surface area contributed by atoms with Crippen molar-refractivity contribution >= 4 is 27.9 Å². The smallest absolute Gasteiger partial charge is 0.314 e. The minimum Gasteiger partial charge on any atom is -0.351 e. The molecular formula is C14H18BrN3O2. The van der Waals surface area contributed by atoms with Gasteiger partial charge >= 0.3 is 6.03 Å². The monoisotopic (exact) mass is 339 g/mol. The highest BCUT2D eigenvalue weighted by Gasteiger charge is 2.26. The summed E-state index contributed by atoms with van der Waals surface area (Å²) in [4.78, 5) is 24.9. The number of amides is 3. The van der Waals surface area contributed by atoms with E-state index in [2.05, 4.69) is 21.2 Å². The molecule has 0 aromatic heterocycles. The highest BCUT2D eigenvalue weighted by molar-refractivity contribution is 9.10. The summed E-state index contributed by atoms with van der Waals surface area (Å²) in [5.41, 5.74) is 7.93. The molecule has 0 unspecified atom stereocenters. The van der Waals surface area contributed by atoms with Gasteiger partial charge in [0.2, 0.25) is 0 Å². The molecule has 0 aliphatic carbocycles. The van der Waals surface area contributed by atoms with Crippen molar-refractivity contribution < 1.29 is 9.59 Å². The van der Waals surface area contributed by atoms with Crippen LogP contribution >= 0.6 is 15.9 Å². The molecular weight excluding hydrogens is 322 g/mol. The summed E-state index contributed by atoms with van der Waals surface area (Å²) >= 11 is 3.45. The van der Waals surface area contributed by atoms with Gasteiger partial charge in [-0.3, -0.25) is 4.79 Å². The lowest BCUT2D eigenvalue weighted by Crippen LogP contribution is -2.40. The first-order chi connectivity index (χ1) is 9.38. The topological polar surface area (TPSA) is 75.4 Å². The zero-order valence-corrected chi connectivity index (χ0v) is 13.2. The molecule has 1 fully saturated rings. The Morgan fingerprint density at radius 2 is 2.10 bits per heavy atom. The SMILES string of the molecule is Cc1cc(C)c(Br)c(C(=O)N[C@@H]2CCN(C(N)=O)C2)c1. The highest BCUT2D eigenvalue weighted by Crippen LogP contribution is 2.23. The van der Waals surface area contributed by atoms with Crippen LogP contribution in [0.3, 0.4) is 0 Å². The minimum absolute atomic E-state index is 0.0391. The molecule has 1 aromatic carbocycles. The van der Waals surface area contributed by atoms with Gasteiger partial charge in [-0.2, -0.15) is 0 Å². The van der Waals surface area contributed by atoms with Crippen LogP contribution in [0.2, 0.25) is 0 Å². The van der Waals surface area contributed by atoms with E-state index in [0.717, 1.165) is 22.0 Å². The Hall–Kier alpha value is -1.56. The van der Waals surface area contributed by atoms with Crippen LogP contribution in [0.25, 0.3) is 0 Å². The molecule has 3 amide bonds. The number of carbonyl (C=O) groups is 2.